The molecule has 3 rings (SSSR count). The Morgan fingerprint density at radius 1 is 1.18 bits per heavy atom. The lowest BCUT2D eigenvalue weighted by atomic mass is 10.1. The van der Waals surface area contributed by atoms with Crippen LogP contribution in [0.3, 0.4) is 0 Å². The number of amides is 2. The Kier molecular flexibility index (Phi) is 6.20. The highest BCUT2D eigenvalue weighted by atomic mass is 32.2. The maximum atomic E-state index is 12.4. The Bertz CT molecular complexity index is 898. The summed E-state index contributed by atoms with van der Waals surface area (Å²) in [7, 11) is 3.23. The SMILES string of the molecule is COc1ccc(NC(=O)CSCC(=O)c2ccc3c(c2)N(C)C(=O)CO3)cc1. The second-order valence-corrected chi connectivity index (χ2v) is 7.10. The molecule has 0 bridgehead atoms. The van der Waals surface area contributed by atoms with Crippen LogP contribution in [-0.4, -0.2) is 49.9 Å². The summed E-state index contributed by atoms with van der Waals surface area (Å²) in [6, 6.07) is 12.0. The summed E-state index contributed by atoms with van der Waals surface area (Å²) in [5.74, 6) is 1.13. The quantitative estimate of drug-likeness (QED) is 0.719. The van der Waals surface area contributed by atoms with Gasteiger partial charge in [0.2, 0.25) is 5.91 Å². The molecule has 1 heterocycles. The van der Waals surface area contributed by atoms with Crippen molar-refractivity contribution >= 4 is 40.7 Å². The third kappa shape index (κ3) is 4.64. The van der Waals surface area contributed by atoms with Crippen molar-refractivity contribution in [3.63, 3.8) is 0 Å². The van der Waals surface area contributed by atoms with Gasteiger partial charge in [-0.1, -0.05) is 0 Å². The standard InChI is InChI=1S/C20H20N2O5S/c1-22-16-9-13(3-8-18(16)27-10-20(22)25)17(23)11-28-12-19(24)21-14-4-6-15(26-2)7-5-14/h3-9H,10-12H2,1-2H3,(H,21,24). The molecule has 8 heteroatoms. The highest BCUT2D eigenvalue weighted by Gasteiger charge is 2.23. The fraction of sp³-hybridized carbons (Fsp3) is 0.250. The highest BCUT2D eigenvalue weighted by Crippen LogP contribution is 2.32. The van der Waals surface area contributed by atoms with E-state index in [2.05, 4.69) is 5.32 Å². The maximum Gasteiger partial charge on any atom is 0.264 e. The number of Topliss-reactive ketones (excluding diaryl/α,β-unsaturated/α-hetero) is 1. The van der Waals surface area contributed by atoms with Gasteiger partial charge in [-0.2, -0.15) is 0 Å². The molecule has 2 aromatic rings. The number of benzene rings is 2. The minimum Gasteiger partial charge on any atom is -0.497 e. The van der Waals surface area contributed by atoms with Crippen LogP contribution in [0.2, 0.25) is 0 Å². The number of nitrogens with zero attached hydrogens (tertiary/aromatic N) is 1. The van der Waals surface area contributed by atoms with Crippen molar-refractivity contribution in [1.29, 1.82) is 0 Å². The number of thioether (sulfide) groups is 1. The molecule has 0 saturated carbocycles. The van der Waals surface area contributed by atoms with Crippen molar-refractivity contribution in [2.45, 2.75) is 0 Å². The lowest BCUT2D eigenvalue weighted by Crippen LogP contribution is -2.35. The number of ether oxygens (including phenoxy) is 2. The van der Waals surface area contributed by atoms with Crippen molar-refractivity contribution < 1.29 is 23.9 Å². The predicted octanol–water partition coefficient (Wildman–Crippen LogP) is 2.61. The van der Waals surface area contributed by atoms with E-state index in [1.165, 1.54) is 16.7 Å². The molecular formula is C20H20N2O5S. The molecule has 0 radical (unpaired) electrons. The first-order valence-corrected chi connectivity index (χ1v) is 9.71. The third-order valence-corrected chi connectivity index (χ3v) is 5.14. The number of methoxy groups -OCH3 is 1. The monoisotopic (exact) mass is 400 g/mol. The van der Waals surface area contributed by atoms with Gasteiger partial charge in [-0.05, 0) is 42.5 Å². The average Bonchev–Trinajstić information content (AvgIpc) is 2.71. The third-order valence-electron chi connectivity index (χ3n) is 4.21. The molecule has 0 spiro atoms. The number of hydrogen-bond acceptors (Lipinski definition) is 6. The molecule has 0 fully saturated rings. The molecule has 7 nitrogen and oxygen atoms in total. The van der Waals surface area contributed by atoms with Gasteiger partial charge < -0.3 is 19.7 Å². The number of carbonyl (C=O) groups excluding carboxylic acids is 3. The lowest BCUT2D eigenvalue weighted by Gasteiger charge is -2.26. The minimum atomic E-state index is -0.188. The van der Waals surface area contributed by atoms with Crippen LogP contribution in [0.1, 0.15) is 10.4 Å². The van der Waals surface area contributed by atoms with Crippen LogP contribution in [0.15, 0.2) is 42.5 Å². The first kappa shape index (κ1) is 19.8. The Morgan fingerprint density at radius 2 is 1.93 bits per heavy atom. The van der Waals surface area contributed by atoms with Gasteiger partial charge in [0, 0.05) is 18.3 Å². The van der Waals surface area contributed by atoms with E-state index in [0.29, 0.717) is 28.4 Å². The second kappa shape index (κ2) is 8.79. The van der Waals surface area contributed by atoms with E-state index < -0.39 is 0 Å². The van der Waals surface area contributed by atoms with Crippen molar-refractivity contribution in [2.24, 2.45) is 0 Å². The summed E-state index contributed by atoms with van der Waals surface area (Å²) >= 11 is 1.23. The summed E-state index contributed by atoms with van der Waals surface area (Å²) in [6.45, 7) is -0.00402. The summed E-state index contributed by atoms with van der Waals surface area (Å²) < 4.78 is 10.4. The molecule has 0 unspecified atom stereocenters. The van der Waals surface area contributed by atoms with Gasteiger partial charge >= 0.3 is 0 Å². The predicted molar refractivity (Wildman–Crippen MR) is 109 cm³/mol. The van der Waals surface area contributed by atoms with Gasteiger partial charge in [0.1, 0.15) is 11.5 Å². The highest BCUT2D eigenvalue weighted by molar-refractivity contribution is 8.00. The number of anilines is 2. The molecule has 0 saturated heterocycles. The Labute approximate surface area is 167 Å². The second-order valence-electron chi connectivity index (χ2n) is 6.12. The maximum absolute atomic E-state index is 12.4. The van der Waals surface area contributed by atoms with Gasteiger partial charge in [0.25, 0.3) is 5.91 Å². The van der Waals surface area contributed by atoms with E-state index in [1.807, 2.05) is 0 Å². The number of hydrogen-bond donors (Lipinski definition) is 1. The number of rotatable bonds is 7. The summed E-state index contributed by atoms with van der Waals surface area (Å²) in [5, 5.41) is 2.77. The molecule has 0 aliphatic carbocycles. The largest absolute Gasteiger partial charge is 0.497 e. The van der Waals surface area contributed by atoms with Crippen LogP contribution in [0.4, 0.5) is 11.4 Å². The number of ketones is 1. The Balaban J connectivity index is 1.51. The van der Waals surface area contributed by atoms with Gasteiger partial charge in [-0.25, -0.2) is 0 Å². The molecule has 0 aromatic heterocycles. The molecule has 28 heavy (non-hydrogen) atoms. The normalized spacial score (nSPS) is 12.8. The average molecular weight is 400 g/mol. The van der Waals surface area contributed by atoms with Gasteiger partial charge in [-0.15, -0.1) is 11.8 Å². The van der Waals surface area contributed by atoms with Crippen LogP contribution < -0.4 is 19.7 Å². The van der Waals surface area contributed by atoms with Crippen LogP contribution in [0.25, 0.3) is 0 Å². The van der Waals surface area contributed by atoms with Crippen molar-refractivity contribution in [3.05, 3.63) is 48.0 Å². The van der Waals surface area contributed by atoms with Crippen molar-refractivity contribution in [3.8, 4) is 11.5 Å². The van der Waals surface area contributed by atoms with Crippen LogP contribution >= 0.6 is 11.8 Å². The van der Waals surface area contributed by atoms with Gasteiger partial charge in [-0.3, -0.25) is 14.4 Å². The van der Waals surface area contributed by atoms with E-state index in [-0.39, 0.29) is 35.7 Å². The van der Waals surface area contributed by atoms with E-state index in [0.717, 1.165) is 0 Å². The zero-order valence-corrected chi connectivity index (χ0v) is 16.4. The van der Waals surface area contributed by atoms with Crippen LogP contribution in [0, 0.1) is 0 Å². The van der Waals surface area contributed by atoms with Gasteiger partial charge in [0.15, 0.2) is 12.4 Å². The molecule has 1 aliphatic rings. The molecule has 146 valence electrons. The zero-order chi connectivity index (χ0) is 20.1. The van der Waals surface area contributed by atoms with Crippen molar-refractivity contribution in [1.82, 2.24) is 0 Å². The summed E-state index contributed by atoms with van der Waals surface area (Å²) in [5.41, 5.74) is 1.72. The zero-order valence-electron chi connectivity index (χ0n) is 15.6. The van der Waals surface area contributed by atoms with Crippen LogP contribution in [0.5, 0.6) is 11.5 Å². The van der Waals surface area contributed by atoms with Gasteiger partial charge in [0.05, 0.1) is 24.3 Å². The van der Waals surface area contributed by atoms with E-state index >= 15 is 0 Å². The number of fused-ring (bicyclic) bond motifs is 1. The Morgan fingerprint density at radius 3 is 2.64 bits per heavy atom. The van der Waals surface area contributed by atoms with Crippen molar-refractivity contribution in [2.75, 3.05) is 42.5 Å². The Hall–Kier alpha value is -3.00. The van der Waals surface area contributed by atoms with E-state index in [9.17, 15) is 14.4 Å². The molecule has 1 N–H and O–H groups in total. The number of carbonyl (C=O) groups is 3. The molecule has 2 amide bonds. The molecule has 2 aromatic carbocycles. The fourth-order valence-electron chi connectivity index (χ4n) is 2.64. The summed E-state index contributed by atoms with van der Waals surface area (Å²) in [4.78, 5) is 37.6. The first-order valence-electron chi connectivity index (χ1n) is 8.56. The number of nitrogens with one attached hydrogen (secondary N) is 1. The molecular weight excluding hydrogens is 380 g/mol. The smallest absolute Gasteiger partial charge is 0.264 e. The van der Waals surface area contributed by atoms with E-state index in [4.69, 9.17) is 9.47 Å². The molecule has 1 aliphatic heterocycles. The summed E-state index contributed by atoms with van der Waals surface area (Å²) in [6.07, 6.45) is 0. The fourth-order valence-corrected chi connectivity index (χ4v) is 3.35. The first-order chi connectivity index (χ1) is 13.5. The number of likely N-dealkylation sites (N-methyl/N-ethyl adjacent to an activating group) is 1. The lowest BCUT2D eigenvalue weighted by molar-refractivity contribution is -0.121. The van der Waals surface area contributed by atoms with E-state index in [1.54, 1.807) is 56.6 Å². The molecule has 0 atom stereocenters. The topological polar surface area (TPSA) is 84.9 Å². The van der Waals surface area contributed by atoms with Crippen LogP contribution in [-0.2, 0) is 9.59 Å². The minimum absolute atomic E-state index is 0.00402.